The van der Waals surface area contributed by atoms with Crippen molar-refractivity contribution in [2.45, 2.75) is 4.90 Å². The number of hydrogen-bond acceptors (Lipinski definition) is 3. The molecule has 1 heterocycles. The number of sulfonamides is 1. The van der Waals surface area contributed by atoms with Crippen LogP contribution in [-0.4, -0.2) is 18.4 Å². The third-order valence-electron chi connectivity index (χ3n) is 3.92. The lowest BCUT2D eigenvalue weighted by molar-refractivity contribution is 0.599. The molecular formula is C19H14FN3O2S. The Labute approximate surface area is 149 Å². The number of fused-ring (bicyclic) bond motifs is 1. The molecule has 5 nitrogen and oxygen atoms in total. The van der Waals surface area contributed by atoms with E-state index in [2.05, 4.69) is 14.7 Å². The van der Waals surface area contributed by atoms with Crippen molar-refractivity contribution in [3.63, 3.8) is 0 Å². The molecule has 4 rings (SSSR count). The first-order valence-electron chi connectivity index (χ1n) is 7.85. The maximum Gasteiger partial charge on any atom is 0.261 e. The third-order valence-corrected chi connectivity index (χ3v) is 5.32. The van der Waals surface area contributed by atoms with Crippen molar-refractivity contribution in [2.24, 2.45) is 0 Å². The highest BCUT2D eigenvalue weighted by Gasteiger charge is 2.14. The molecular weight excluding hydrogens is 353 g/mol. The van der Waals surface area contributed by atoms with Gasteiger partial charge in [-0.3, -0.25) is 4.72 Å². The summed E-state index contributed by atoms with van der Waals surface area (Å²) >= 11 is 0. The van der Waals surface area contributed by atoms with Crippen LogP contribution in [0.15, 0.2) is 77.7 Å². The van der Waals surface area contributed by atoms with Crippen LogP contribution in [0, 0.1) is 5.82 Å². The Bertz CT molecular complexity index is 1130. The zero-order valence-corrected chi connectivity index (χ0v) is 14.3. The number of aromatic nitrogens is 2. The lowest BCUT2D eigenvalue weighted by Crippen LogP contribution is -2.12. The number of halogens is 1. The number of nitrogens with one attached hydrogen (secondary N) is 2. The van der Waals surface area contributed by atoms with E-state index in [1.807, 2.05) is 24.3 Å². The van der Waals surface area contributed by atoms with E-state index in [1.165, 1.54) is 12.1 Å². The minimum atomic E-state index is -3.77. The predicted octanol–water partition coefficient (Wildman–Crippen LogP) is 4.17. The number of hydrogen-bond donors (Lipinski definition) is 2. The maximum atomic E-state index is 13.0. The van der Waals surface area contributed by atoms with Crippen LogP contribution < -0.4 is 4.72 Å². The smallest absolute Gasteiger partial charge is 0.261 e. The summed E-state index contributed by atoms with van der Waals surface area (Å²) in [6.07, 6.45) is 0. The molecule has 0 fully saturated rings. The van der Waals surface area contributed by atoms with Gasteiger partial charge in [-0.1, -0.05) is 12.1 Å². The predicted molar refractivity (Wildman–Crippen MR) is 98.7 cm³/mol. The maximum absolute atomic E-state index is 13.0. The molecule has 0 unspecified atom stereocenters. The number of aromatic amines is 1. The normalized spacial score (nSPS) is 11.6. The van der Waals surface area contributed by atoms with Crippen LogP contribution in [0.1, 0.15) is 0 Å². The molecule has 0 amide bonds. The SMILES string of the molecule is O=S(=O)(Nc1ccc(-c2nc3ccccc3[nH]2)cc1)c1ccc(F)cc1. The van der Waals surface area contributed by atoms with Crippen molar-refractivity contribution < 1.29 is 12.8 Å². The van der Waals surface area contributed by atoms with Crippen LogP contribution >= 0.6 is 0 Å². The average molecular weight is 367 g/mol. The minimum absolute atomic E-state index is 0.000241. The summed E-state index contributed by atoms with van der Waals surface area (Å²) in [5.41, 5.74) is 3.05. The summed E-state index contributed by atoms with van der Waals surface area (Å²) < 4.78 is 40.1. The quantitative estimate of drug-likeness (QED) is 0.568. The van der Waals surface area contributed by atoms with E-state index in [1.54, 1.807) is 24.3 Å². The van der Waals surface area contributed by atoms with Crippen molar-refractivity contribution >= 4 is 26.7 Å². The lowest BCUT2D eigenvalue weighted by atomic mass is 10.2. The summed E-state index contributed by atoms with van der Waals surface area (Å²) in [6, 6.07) is 19.2. The Morgan fingerprint density at radius 2 is 1.58 bits per heavy atom. The molecule has 0 aliphatic carbocycles. The van der Waals surface area contributed by atoms with Gasteiger partial charge in [0.05, 0.1) is 15.9 Å². The number of H-pyrrole nitrogens is 1. The van der Waals surface area contributed by atoms with E-state index in [0.29, 0.717) is 11.5 Å². The monoisotopic (exact) mass is 367 g/mol. The van der Waals surface area contributed by atoms with Gasteiger partial charge in [-0.25, -0.2) is 17.8 Å². The zero-order chi connectivity index (χ0) is 18.1. The van der Waals surface area contributed by atoms with Gasteiger partial charge >= 0.3 is 0 Å². The Kier molecular flexibility index (Phi) is 3.93. The second kappa shape index (κ2) is 6.27. The van der Waals surface area contributed by atoms with Crippen LogP contribution in [0.2, 0.25) is 0 Å². The fourth-order valence-electron chi connectivity index (χ4n) is 2.61. The second-order valence-corrected chi connectivity index (χ2v) is 7.42. The van der Waals surface area contributed by atoms with Crippen molar-refractivity contribution in [1.82, 2.24) is 9.97 Å². The fourth-order valence-corrected chi connectivity index (χ4v) is 3.67. The van der Waals surface area contributed by atoms with E-state index in [0.717, 1.165) is 28.7 Å². The standard InChI is InChI=1S/C19H14FN3O2S/c20-14-7-11-16(12-8-14)26(24,25)23-15-9-5-13(6-10-15)19-21-17-3-1-2-4-18(17)22-19/h1-12,23H,(H,21,22). The topological polar surface area (TPSA) is 74.8 Å². The first-order valence-corrected chi connectivity index (χ1v) is 9.33. The molecule has 130 valence electrons. The van der Waals surface area contributed by atoms with Crippen molar-refractivity contribution in [3.8, 4) is 11.4 Å². The Balaban J connectivity index is 1.58. The van der Waals surface area contributed by atoms with E-state index in [-0.39, 0.29) is 4.90 Å². The molecule has 0 bridgehead atoms. The van der Waals surface area contributed by atoms with Crippen LogP contribution in [0.4, 0.5) is 10.1 Å². The van der Waals surface area contributed by atoms with Crippen LogP contribution in [-0.2, 0) is 10.0 Å². The first-order chi connectivity index (χ1) is 12.5. The summed E-state index contributed by atoms with van der Waals surface area (Å²) in [6.45, 7) is 0. The van der Waals surface area contributed by atoms with Crippen molar-refractivity contribution in [1.29, 1.82) is 0 Å². The van der Waals surface area contributed by atoms with Crippen LogP contribution in [0.3, 0.4) is 0 Å². The van der Waals surface area contributed by atoms with Gasteiger partial charge in [-0.2, -0.15) is 0 Å². The molecule has 26 heavy (non-hydrogen) atoms. The molecule has 0 radical (unpaired) electrons. The number of benzene rings is 3. The largest absolute Gasteiger partial charge is 0.338 e. The van der Waals surface area contributed by atoms with Gasteiger partial charge < -0.3 is 4.98 Å². The molecule has 0 aliphatic rings. The number of rotatable bonds is 4. The van der Waals surface area contributed by atoms with Crippen molar-refractivity contribution in [2.75, 3.05) is 4.72 Å². The molecule has 0 saturated carbocycles. The first kappa shape index (κ1) is 16.3. The van der Waals surface area contributed by atoms with Gasteiger partial charge in [-0.15, -0.1) is 0 Å². The number of nitrogens with zero attached hydrogens (tertiary/aromatic N) is 1. The van der Waals surface area contributed by atoms with E-state index < -0.39 is 15.8 Å². The molecule has 1 aromatic heterocycles. The Morgan fingerprint density at radius 3 is 2.27 bits per heavy atom. The molecule has 0 spiro atoms. The van der Waals surface area contributed by atoms with Gasteiger partial charge in [0.2, 0.25) is 0 Å². The van der Waals surface area contributed by atoms with E-state index >= 15 is 0 Å². The molecule has 0 saturated heterocycles. The summed E-state index contributed by atoms with van der Waals surface area (Å²) in [5, 5.41) is 0. The number of imidazole rings is 1. The van der Waals surface area contributed by atoms with E-state index in [4.69, 9.17) is 0 Å². The third kappa shape index (κ3) is 3.16. The highest BCUT2D eigenvalue weighted by atomic mass is 32.2. The Hall–Kier alpha value is -3.19. The highest BCUT2D eigenvalue weighted by molar-refractivity contribution is 7.92. The minimum Gasteiger partial charge on any atom is -0.338 e. The van der Waals surface area contributed by atoms with Gasteiger partial charge in [0.1, 0.15) is 11.6 Å². The Morgan fingerprint density at radius 1 is 0.885 bits per heavy atom. The van der Waals surface area contributed by atoms with Gasteiger partial charge in [0.25, 0.3) is 10.0 Å². The van der Waals surface area contributed by atoms with Crippen LogP contribution in [0.25, 0.3) is 22.4 Å². The molecule has 0 aliphatic heterocycles. The van der Waals surface area contributed by atoms with Crippen LogP contribution in [0.5, 0.6) is 0 Å². The number of anilines is 1. The van der Waals surface area contributed by atoms with Crippen molar-refractivity contribution in [3.05, 3.63) is 78.6 Å². The molecule has 4 aromatic rings. The lowest BCUT2D eigenvalue weighted by Gasteiger charge is -2.08. The summed E-state index contributed by atoms with van der Waals surface area (Å²) in [4.78, 5) is 7.74. The van der Waals surface area contributed by atoms with E-state index in [9.17, 15) is 12.8 Å². The molecule has 0 atom stereocenters. The average Bonchev–Trinajstić information content (AvgIpc) is 3.06. The zero-order valence-electron chi connectivity index (χ0n) is 13.5. The summed E-state index contributed by atoms with van der Waals surface area (Å²) in [5.74, 6) is 0.221. The van der Waals surface area contributed by atoms with Gasteiger partial charge in [-0.05, 0) is 60.7 Å². The van der Waals surface area contributed by atoms with Gasteiger partial charge in [0.15, 0.2) is 0 Å². The number of para-hydroxylation sites is 2. The molecule has 2 N–H and O–H groups in total. The summed E-state index contributed by atoms with van der Waals surface area (Å²) in [7, 11) is -3.77. The highest BCUT2D eigenvalue weighted by Crippen LogP contribution is 2.23. The molecule has 3 aromatic carbocycles. The fraction of sp³-hybridized carbons (Fsp3) is 0. The molecule has 7 heteroatoms. The second-order valence-electron chi connectivity index (χ2n) is 5.74. The van der Waals surface area contributed by atoms with Gasteiger partial charge in [0, 0.05) is 11.3 Å².